The maximum atomic E-state index is 10.6. The first-order valence-electron chi connectivity index (χ1n) is 4.93. The summed E-state index contributed by atoms with van der Waals surface area (Å²) in [7, 11) is 0. The molecule has 0 fully saturated rings. The summed E-state index contributed by atoms with van der Waals surface area (Å²) in [5.74, 6) is -0.239. The summed E-state index contributed by atoms with van der Waals surface area (Å²) in [4.78, 5) is 10.6. The molecule has 0 unspecified atom stereocenters. The van der Waals surface area contributed by atoms with Crippen LogP contribution in [0.15, 0.2) is 22.7 Å². The van der Waals surface area contributed by atoms with Crippen LogP contribution in [0.3, 0.4) is 0 Å². The van der Waals surface area contributed by atoms with Crippen LogP contribution in [0, 0.1) is 0 Å². The summed E-state index contributed by atoms with van der Waals surface area (Å²) in [6, 6.07) is 5.24. The van der Waals surface area contributed by atoms with Crippen molar-refractivity contribution in [1.29, 1.82) is 0 Å². The smallest absolute Gasteiger partial charge is 0.309 e. The Balaban J connectivity index is 2.38. The molecule has 0 bridgehead atoms. The number of benzene rings is 1. The number of carboxylic acid groups (broad SMARTS) is 1. The molecule has 16 heavy (non-hydrogen) atoms. The number of rotatable bonds is 4. The number of hydrogen-bond acceptors (Lipinski definition) is 4. The van der Waals surface area contributed by atoms with E-state index in [4.69, 9.17) is 14.4 Å². The number of nitrogens with zero attached hydrogens (tertiary/aromatic N) is 1. The Morgan fingerprint density at radius 2 is 2.38 bits per heavy atom. The normalized spacial score (nSPS) is 10.6. The van der Waals surface area contributed by atoms with E-state index in [1.807, 2.05) is 6.92 Å². The van der Waals surface area contributed by atoms with E-state index < -0.39 is 5.97 Å². The van der Waals surface area contributed by atoms with Crippen molar-refractivity contribution in [2.75, 3.05) is 6.61 Å². The van der Waals surface area contributed by atoms with E-state index in [1.54, 1.807) is 18.2 Å². The molecule has 0 aliphatic rings. The monoisotopic (exact) mass is 221 g/mol. The van der Waals surface area contributed by atoms with Crippen molar-refractivity contribution in [3.8, 4) is 5.75 Å². The average molecular weight is 221 g/mol. The molecule has 2 aromatic rings. The van der Waals surface area contributed by atoms with Gasteiger partial charge in [0.15, 0.2) is 5.58 Å². The van der Waals surface area contributed by atoms with E-state index in [1.165, 1.54) is 0 Å². The second-order valence-corrected chi connectivity index (χ2v) is 3.29. The summed E-state index contributed by atoms with van der Waals surface area (Å²) in [6.45, 7) is 2.46. The van der Waals surface area contributed by atoms with E-state index in [9.17, 15) is 4.79 Å². The highest BCUT2D eigenvalue weighted by molar-refractivity contribution is 5.84. The fourth-order valence-corrected chi connectivity index (χ4v) is 1.50. The second-order valence-electron chi connectivity index (χ2n) is 3.29. The lowest BCUT2D eigenvalue weighted by atomic mass is 10.1. The van der Waals surface area contributed by atoms with Gasteiger partial charge in [-0.15, -0.1) is 0 Å². The highest BCUT2D eigenvalue weighted by Gasteiger charge is 2.11. The molecule has 0 atom stereocenters. The molecule has 2 rings (SSSR count). The fourth-order valence-electron chi connectivity index (χ4n) is 1.50. The van der Waals surface area contributed by atoms with Gasteiger partial charge in [-0.05, 0) is 19.1 Å². The first-order chi connectivity index (χ1) is 7.70. The Kier molecular flexibility index (Phi) is 2.76. The maximum Gasteiger partial charge on any atom is 0.309 e. The van der Waals surface area contributed by atoms with Crippen molar-refractivity contribution >= 4 is 16.9 Å². The van der Waals surface area contributed by atoms with E-state index in [0.29, 0.717) is 29.0 Å². The van der Waals surface area contributed by atoms with Crippen LogP contribution in [0.1, 0.15) is 12.6 Å². The van der Waals surface area contributed by atoms with Gasteiger partial charge < -0.3 is 14.4 Å². The molecule has 5 nitrogen and oxygen atoms in total. The lowest BCUT2D eigenvalue weighted by Crippen LogP contribution is -2.00. The van der Waals surface area contributed by atoms with E-state index in [-0.39, 0.29) is 6.42 Å². The third-order valence-electron chi connectivity index (χ3n) is 2.15. The van der Waals surface area contributed by atoms with Gasteiger partial charge in [-0.2, -0.15) is 0 Å². The van der Waals surface area contributed by atoms with Crippen LogP contribution in [0.2, 0.25) is 0 Å². The lowest BCUT2D eigenvalue weighted by molar-refractivity contribution is -0.136. The minimum atomic E-state index is -0.927. The standard InChI is InChI=1S/C11H11NO4/c1-2-15-7-3-4-8-9(6-11(13)14)12-16-10(8)5-7/h3-5H,2,6H2,1H3,(H,13,14). The summed E-state index contributed by atoms with van der Waals surface area (Å²) in [5, 5.41) is 13.1. The highest BCUT2D eigenvalue weighted by Crippen LogP contribution is 2.23. The zero-order valence-electron chi connectivity index (χ0n) is 8.77. The summed E-state index contributed by atoms with van der Waals surface area (Å²) in [6.07, 6.45) is -0.138. The summed E-state index contributed by atoms with van der Waals surface area (Å²) >= 11 is 0. The predicted octanol–water partition coefficient (Wildman–Crippen LogP) is 1.85. The third-order valence-corrected chi connectivity index (χ3v) is 2.15. The van der Waals surface area contributed by atoms with Crippen LogP contribution in [-0.4, -0.2) is 22.8 Å². The van der Waals surface area contributed by atoms with Gasteiger partial charge in [0.25, 0.3) is 0 Å². The van der Waals surface area contributed by atoms with Crippen LogP contribution in [0.5, 0.6) is 5.75 Å². The van der Waals surface area contributed by atoms with Gasteiger partial charge in [0, 0.05) is 11.5 Å². The number of aliphatic carboxylic acids is 1. The molecule has 0 amide bonds. The highest BCUT2D eigenvalue weighted by atomic mass is 16.5. The first-order valence-corrected chi connectivity index (χ1v) is 4.93. The van der Waals surface area contributed by atoms with Crippen LogP contribution >= 0.6 is 0 Å². The Bertz CT molecular complexity index is 518. The molecule has 0 saturated heterocycles. The van der Waals surface area contributed by atoms with Gasteiger partial charge >= 0.3 is 5.97 Å². The molecule has 1 aromatic heterocycles. The average Bonchev–Trinajstić information content (AvgIpc) is 2.61. The van der Waals surface area contributed by atoms with Crippen molar-refractivity contribution in [1.82, 2.24) is 5.16 Å². The second kappa shape index (κ2) is 4.22. The number of carbonyl (C=O) groups is 1. The largest absolute Gasteiger partial charge is 0.494 e. The number of fused-ring (bicyclic) bond motifs is 1. The van der Waals surface area contributed by atoms with Gasteiger partial charge in [0.2, 0.25) is 0 Å². The third kappa shape index (κ3) is 1.98. The molecule has 1 N–H and O–H groups in total. The van der Waals surface area contributed by atoms with Crippen molar-refractivity contribution in [3.63, 3.8) is 0 Å². The Morgan fingerprint density at radius 1 is 1.56 bits per heavy atom. The van der Waals surface area contributed by atoms with Crippen LogP contribution in [0.4, 0.5) is 0 Å². The molecule has 0 aliphatic heterocycles. The topological polar surface area (TPSA) is 72.6 Å². The molecule has 84 valence electrons. The SMILES string of the molecule is CCOc1ccc2c(CC(=O)O)noc2c1. The van der Waals surface area contributed by atoms with Crippen LogP contribution < -0.4 is 4.74 Å². The number of carboxylic acids is 1. The molecular weight excluding hydrogens is 210 g/mol. The quantitative estimate of drug-likeness (QED) is 0.852. The molecule has 0 spiro atoms. The van der Waals surface area contributed by atoms with Crippen molar-refractivity contribution < 1.29 is 19.2 Å². The zero-order chi connectivity index (χ0) is 11.5. The Hall–Kier alpha value is -2.04. The number of aromatic nitrogens is 1. The molecule has 0 saturated carbocycles. The summed E-state index contributed by atoms with van der Waals surface area (Å²) < 4.78 is 10.3. The minimum absolute atomic E-state index is 0.138. The van der Waals surface area contributed by atoms with E-state index >= 15 is 0 Å². The molecule has 1 aromatic carbocycles. The van der Waals surface area contributed by atoms with E-state index in [2.05, 4.69) is 5.16 Å². The van der Waals surface area contributed by atoms with Gasteiger partial charge in [-0.1, -0.05) is 5.16 Å². The van der Waals surface area contributed by atoms with Crippen molar-refractivity contribution in [2.45, 2.75) is 13.3 Å². The Morgan fingerprint density at radius 3 is 3.06 bits per heavy atom. The predicted molar refractivity (Wildman–Crippen MR) is 56.5 cm³/mol. The molecule has 5 heteroatoms. The van der Waals surface area contributed by atoms with Gasteiger partial charge in [0.05, 0.1) is 13.0 Å². The van der Waals surface area contributed by atoms with Gasteiger partial charge in [0.1, 0.15) is 11.4 Å². The number of ether oxygens (including phenoxy) is 1. The molecule has 0 radical (unpaired) electrons. The van der Waals surface area contributed by atoms with Crippen molar-refractivity contribution in [2.24, 2.45) is 0 Å². The van der Waals surface area contributed by atoms with Crippen molar-refractivity contribution in [3.05, 3.63) is 23.9 Å². The molecule has 0 aliphatic carbocycles. The lowest BCUT2D eigenvalue weighted by Gasteiger charge is -2.00. The number of hydrogen-bond donors (Lipinski definition) is 1. The van der Waals surface area contributed by atoms with E-state index in [0.717, 1.165) is 0 Å². The van der Waals surface area contributed by atoms with Gasteiger partial charge in [-0.3, -0.25) is 4.79 Å². The first kappa shape index (κ1) is 10.5. The minimum Gasteiger partial charge on any atom is -0.494 e. The van der Waals surface area contributed by atoms with Crippen LogP contribution in [0.25, 0.3) is 11.0 Å². The summed E-state index contributed by atoms with van der Waals surface area (Å²) in [5.41, 5.74) is 0.979. The van der Waals surface area contributed by atoms with Crippen LogP contribution in [-0.2, 0) is 11.2 Å². The zero-order valence-corrected chi connectivity index (χ0v) is 8.77. The fraction of sp³-hybridized carbons (Fsp3) is 0.273. The van der Waals surface area contributed by atoms with Gasteiger partial charge in [-0.25, -0.2) is 0 Å². The maximum absolute atomic E-state index is 10.6. The Labute approximate surface area is 91.6 Å². The molecule has 1 heterocycles. The molecular formula is C11H11NO4.